The van der Waals surface area contributed by atoms with Crippen LogP contribution in [0, 0.1) is 5.92 Å². The Balaban J connectivity index is 2.08. The minimum atomic E-state index is 0.294. The fraction of sp³-hybridized carbons (Fsp3) is 0.562. The molecule has 0 amide bonds. The van der Waals surface area contributed by atoms with E-state index in [4.69, 9.17) is 0 Å². The third-order valence-corrected chi connectivity index (χ3v) is 3.57. The van der Waals surface area contributed by atoms with E-state index in [0.29, 0.717) is 30.8 Å². The van der Waals surface area contributed by atoms with Gasteiger partial charge in [0, 0.05) is 19.1 Å². The number of nitrogens with zero attached hydrogens (tertiary/aromatic N) is 1. The highest BCUT2D eigenvalue weighted by Crippen LogP contribution is 2.16. The zero-order chi connectivity index (χ0) is 13.7. The first kappa shape index (κ1) is 14.2. The molecule has 0 bridgehead atoms. The summed E-state index contributed by atoms with van der Waals surface area (Å²) in [6.45, 7) is 7.35. The summed E-state index contributed by atoms with van der Waals surface area (Å²) in [7, 11) is 0. The van der Waals surface area contributed by atoms with Gasteiger partial charge in [-0.3, -0.25) is 9.69 Å². The highest BCUT2D eigenvalue weighted by Gasteiger charge is 2.24. The summed E-state index contributed by atoms with van der Waals surface area (Å²) in [5.74, 6) is 0.945. The maximum absolute atomic E-state index is 11.8. The van der Waals surface area contributed by atoms with E-state index < -0.39 is 0 Å². The van der Waals surface area contributed by atoms with Crippen molar-refractivity contribution in [1.82, 2.24) is 10.2 Å². The van der Waals surface area contributed by atoms with Gasteiger partial charge in [0.1, 0.15) is 0 Å². The first-order valence-corrected chi connectivity index (χ1v) is 7.15. The van der Waals surface area contributed by atoms with Crippen molar-refractivity contribution in [1.29, 1.82) is 0 Å². The van der Waals surface area contributed by atoms with Gasteiger partial charge in [-0.1, -0.05) is 44.2 Å². The fourth-order valence-electron chi connectivity index (χ4n) is 2.70. The summed E-state index contributed by atoms with van der Waals surface area (Å²) >= 11 is 0. The maximum atomic E-state index is 11.8. The first-order valence-electron chi connectivity index (χ1n) is 7.15. The molecule has 19 heavy (non-hydrogen) atoms. The molecule has 0 unspecified atom stereocenters. The van der Waals surface area contributed by atoms with E-state index in [0.717, 1.165) is 19.5 Å². The average molecular weight is 260 g/mol. The molecule has 1 atom stereocenters. The quantitative estimate of drug-likeness (QED) is 0.899. The number of benzene rings is 1. The lowest BCUT2D eigenvalue weighted by molar-refractivity contribution is -0.119. The largest absolute Gasteiger partial charge is 0.308 e. The Bertz CT molecular complexity index is 402. The molecule has 1 fully saturated rings. The molecule has 1 aromatic carbocycles. The molecule has 1 aliphatic heterocycles. The van der Waals surface area contributed by atoms with Crippen LogP contribution in [0.1, 0.15) is 25.8 Å². The van der Waals surface area contributed by atoms with Gasteiger partial charge >= 0.3 is 0 Å². The average Bonchev–Trinajstić information content (AvgIpc) is 2.53. The Morgan fingerprint density at radius 2 is 2.05 bits per heavy atom. The normalized spacial score (nSPS) is 21.6. The van der Waals surface area contributed by atoms with Gasteiger partial charge < -0.3 is 5.32 Å². The SMILES string of the molecule is CC(C)C[C@H]1CNCC(=O)CN1Cc1ccccc1. The summed E-state index contributed by atoms with van der Waals surface area (Å²) in [6, 6.07) is 10.9. The Morgan fingerprint density at radius 1 is 1.32 bits per heavy atom. The van der Waals surface area contributed by atoms with Crippen molar-refractivity contribution in [2.24, 2.45) is 5.92 Å². The maximum Gasteiger partial charge on any atom is 0.160 e. The van der Waals surface area contributed by atoms with Crippen molar-refractivity contribution in [3.8, 4) is 0 Å². The number of rotatable bonds is 4. The Morgan fingerprint density at radius 3 is 2.74 bits per heavy atom. The molecule has 1 saturated heterocycles. The van der Waals surface area contributed by atoms with Crippen molar-refractivity contribution in [2.75, 3.05) is 19.6 Å². The van der Waals surface area contributed by atoms with E-state index in [9.17, 15) is 4.79 Å². The number of nitrogens with one attached hydrogen (secondary N) is 1. The minimum Gasteiger partial charge on any atom is -0.308 e. The number of carbonyl (C=O) groups excluding carboxylic acids is 1. The smallest absolute Gasteiger partial charge is 0.160 e. The molecule has 0 aromatic heterocycles. The molecule has 0 radical (unpaired) electrons. The van der Waals surface area contributed by atoms with Crippen molar-refractivity contribution >= 4 is 5.78 Å². The summed E-state index contributed by atoms with van der Waals surface area (Å²) in [4.78, 5) is 14.1. The number of ketones is 1. The molecule has 1 aromatic rings. The monoisotopic (exact) mass is 260 g/mol. The molecule has 104 valence electrons. The van der Waals surface area contributed by atoms with Crippen LogP contribution in [-0.4, -0.2) is 36.4 Å². The van der Waals surface area contributed by atoms with Crippen molar-refractivity contribution < 1.29 is 4.79 Å². The standard InChI is InChI=1S/C16H24N2O/c1-13(2)8-15-9-17-10-16(19)12-18(15)11-14-6-4-3-5-7-14/h3-7,13,15,17H,8-12H2,1-2H3/t15-/m0/s1. The van der Waals surface area contributed by atoms with Crippen LogP contribution in [0.5, 0.6) is 0 Å². The van der Waals surface area contributed by atoms with Gasteiger partial charge in [-0.25, -0.2) is 0 Å². The fourth-order valence-corrected chi connectivity index (χ4v) is 2.70. The van der Waals surface area contributed by atoms with E-state index in [-0.39, 0.29) is 0 Å². The molecule has 0 spiro atoms. The lowest BCUT2D eigenvalue weighted by Crippen LogP contribution is -2.40. The summed E-state index contributed by atoms with van der Waals surface area (Å²) in [5, 5.41) is 3.28. The number of hydrogen-bond acceptors (Lipinski definition) is 3. The molecule has 3 heteroatoms. The van der Waals surface area contributed by atoms with E-state index in [2.05, 4.69) is 48.3 Å². The molecule has 1 N–H and O–H groups in total. The number of hydrogen-bond donors (Lipinski definition) is 1. The highest BCUT2D eigenvalue weighted by atomic mass is 16.1. The van der Waals surface area contributed by atoms with Crippen LogP contribution in [0.25, 0.3) is 0 Å². The van der Waals surface area contributed by atoms with Crippen LogP contribution in [0.2, 0.25) is 0 Å². The summed E-state index contributed by atoms with van der Waals surface area (Å²) in [5.41, 5.74) is 1.28. The Labute approximate surface area is 116 Å². The number of Topliss-reactive ketones (excluding diaryl/α,β-unsaturated/α-hetero) is 1. The van der Waals surface area contributed by atoms with Crippen LogP contribution in [0.3, 0.4) is 0 Å². The van der Waals surface area contributed by atoms with Crippen molar-refractivity contribution in [2.45, 2.75) is 32.9 Å². The Hall–Kier alpha value is -1.19. The highest BCUT2D eigenvalue weighted by molar-refractivity contribution is 5.82. The molecule has 0 saturated carbocycles. The first-order chi connectivity index (χ1) is 9.15. The zero-order valence-corrected chi connectivity index (χ0v) is 11.9. The van der Waals surface area contributed by atoms with Crippen LogP contribution >= 0.6 is 0 Å². The molecule has 1 heterocycles. The molecular formula is C16H24N2O. The van der Waals surface area contributed by atoms with Gasteiger partial charge in [0.05, 0.1) is 13.1 Å². The van der Waals surface area contributed by atoms with Gasteiger partial charge in [0.2, 0.25) is 0 Å². The van der Waals surface area contributed by atoms with E-state index >= 15 is 0 Å². The van der Waals surface area contributed by atoms with Crippen LogP contribution in [-0.2, 0) is 11.3 Å². The predicted molar refractivity (Wildman–Crippen MR) is 78.0 cm³/mol. The van der Waals surface area contributed by atoms with Crippen molar-refractivity contribution in [3.63, 3.8) is 0 Å². The van der Waals surface area contributed by atoms with E-state index in [1.807, 2.05) is 6.07 Å². The molecule has 3 nitrogen and oxygen atoms in total. The second-order valence-corrected chi connectivity index (χ2v) is 5.84. The van der Waals surface area contributed by atoms with Crippen LogP contribution < -0.4 is 5.32 Å². The molecule has 2 rings (SSSR count). The van der Waals surface area contributed by atoms with Gasteiger partial charge in [-0.15, -0.1) is 0 Å². The minimum absolute atomic E-state index is 0.294. The second kappa shape index (κ2) is 6.83. The van der Waals surface area contributed by atoms with Crippen LogP contribution in [0.4, 0.5) is 0 Å². The predicted octanol–water partition coefficient (Wildman–Crippen LogP) is 2.08. The van der Waals surface area contributed by atoms with Gasteiger partial charge in [-0.05, 0) is 17.9 Å². The third-order valence-electron chi connectivity index (χ3n) is 3.57. The lowest BCUT2D eigenvalue weighted by atomic mass is 10.0. The van der Waals surface area contributed by atoms with Gasteiger partial charge in [0.25, 0.3) is 0 Å². The van der Waals surface area contributed by atoms with Crippen LogP contribution in [0.15, 0.2) is 30.3 Å². The molecule has 1 aliphatic rings. The molecular weight excluding hydrogens is 236 g/mol. The second-order valence-electron chi connectivity index (χ2n) is 5.84. The summed E-state index contributed by atoms with van der Waals surface area (Å²) in [6.07, 6.45) is 1.13. The summed E-state index contributed by atoms with van der Waals surface area (Å²) < 4.78 is 0. The van der Waals surface area contributed by atoms with Gasteiger partial charge in [0.15, 0.2) is 5.78 Å². The van der Waals surface area contributed by atoms with E-state index in [1.165, 1.54) is 5.56 Å². The molecule has 0 aliphatic carbocycles. The van der Waals surface area contributed by atoms with Crippen molar-refractivity contribution in [3.05, 3.63) is 35.9 Å². The lowest BCUT2D eigenvalue weighted by Gasteiger charge is -2.30. The van der Waals surface area contributed by atoms with Gasteiger partial charge in [-0.2, -0.15) is 0 Å². The van der Waals surface area contributed by atoms with E-state index in [1.54, 1.807) is 0 Å². The number of carbonyl (C=O) groups is 1. The third kappa shape index (κ3) is 4.44. The topological polar surface area (TPSA) is 32.3 Å². The Kier molecular flexibility index (Phi) is 5.11. The zero-order valence-electron chi connectivity index (χ0n) is 11.9.